The standard InChI is InChI=1S/3C5H3.Ru/c3*1-3-5-4-2;/h3*1H3;/q3*-1;+3. The first-order chi connectivity index (χ1) is 7.24. The smallest absolute Gasteiger partial charge is 0.358 e. The molecule has 0 fully saturated rings. The van der Waals surface area contributed by atoms with Gasteiger partial charge in [0.05, 0.1) is 0 Å². The Hall–Kier alpha value is -2.02. The van der Waals surface area contributed by atoms with Crippen LogP contribution in [0.1, 0.15) is 20.8 Å². The Morgan fingerprint density at radius 3 is 0.750 bits per heavy atom. The fraction of sp³-hybridized carbons (Fsp3) is 0.200. The SMILES string of the molecule is [C-]#CC#CC.[C-]#CC#CC.[C-]#CC#CC.[Ru+3]. The van der Waals surface area contributed by atoms with E-state index < -0.39 is 0 Å². The second-order valence-electron chi connectivity index (χ2n) is 1.50. The molecular weight excluding hydrogens is 281 g/mol. The van der Waals surface area contributed by atoms with E-state index >= 15 is 0 Å². The van der Waals surface area contributed by atoms with E-state index in [9.17, 15) is 0 Å². The molecule has 0 atom stereocenters. The van der Waals surface area contributed by atoms with E-state index in [0.29, 0.717) is 0 Å². The molecule has 0 bridgehead atoms. The molecule has 0 saturated carbocycles. The van der Waals surface area contributed by atoms with Crippen LogP contribution in [-0.2, 0) is 19.5 Å². The van der Waals surface area contributed by atoms with Crippen molar-refractivity contribution in [1.82, 2.24) is 0 Å². The Labute approximate surface area is 113 Å². The van der Waals surface area contributed by atoms with E-state index in [1.165, 1.54) is 0 Å². The minimum Gasteiger partial charge on any atom is -0.358 e. The Bertz CT molecular complexity index is 357. The van der Waals surface area contributed by atoms with Gasteiger partial charge < -0.3 is 19.3 Å². The second kappa shape index (κ2) is 38.2. The molecule has 0 aliphatic carbocycles. The number of hydrogen-bond acceptors (Lipinski definition) is 0. The van der Waals surface area contributed by atoms with Gasteiger partial charge in [-0.3, -0.25) is 35.5 Å². The van der Waals surface area contributed by atoms with Crippen LogP contribution in [0, 0.1) is 72.6 Å². The van der Waals surface area contributed by atoms with Gasteiger partial charge in [0.2, 0.25) is 0 Å². The average Bonchev–Trinajstić information content (AvgIpc) is 2.23. The van der Waals surface area contributed by atoms with Crippen molar-refractivity contribution in [2.45, 2.75) is 20.8 Å². The first-order valence-electron chi connectivity index (χ1n) is 3.75. The van der Waals surface area contributed by atoms with Gasteiger partial charge >= 0.3 is 19.5 Å². The zero-order valence-electron chi connectivity index (χ0n) is 9.35. The van der Waals surface area contributed by atoms with E-state index in [-0.39, 0.29) is 19.5 Å². The molecule has 0 aliphatic heterocycles. The van der Waals surface area contributed by atoms with E-state index in [1.807, 2.05) is 17.8 Å². The van der Waals surface area contributed by atoms with Crippen molar-refractivity contribution in [3.05, 3.63) is 19.3 Å². The van der Waals surface area contributed by atoms with Gasteiger partial charge in [0.25, 0.3) is 0 Å². The molecular formula is C15H9Ru. The fourth-order valence-corrected chi connectivity index (χ4v) is 0.188. The molecule has 0 unspecified atom stereocenters. The van der Waals surface area contributed by atoms with Crippen molar-refractivity contribution in [2.75, 3.05) is 0 Å². The van der Waals surface area contributed by atoms with Crippen LogP contribution >= 0.6 is 0 Å². The van der Waals surface area contributed by atoms with Gasteiger partial charge in [0.1, 0.15) is 0 Å². The summed E-state index contributed by atoms with van der Waals surface area (Å²) in [6.07, 6.45) is 18.5. The zero-order chi connectivity index (χ0) is 12.4. The monoisotopic (exact) mass is 291 g/mol. The van der Waals surface area contributed by atoms with Gasteiger partial charge in [-0.15, -0.1) is 0 Å². The Morgan fingerprint density at radius 2 is 0.750 bits per heavy atom. The van der Waals surface area contributed by atoms with Gasteiger partial charge in [0, 0.05) is 0 Å². The van der Waals surface area contributed by atoms with Crippen LogP contribution in [0.2, 0.25) is 0 Å². The molecule has 77 valence electrons. The minimum absolute atomic E-state index is 0. The van der Waals surface area contributed by atoms with Crippen molar-refractivity contribution < 1.29 is 19.5 Å². The van der Waals surface area contributed by atoms with Gasteiger partial charge in [0.15, 0.2) is 0 Å². The van der Waals surface area contributed by atoms with Gasteiger partial charge in [-0.1, -0.05) is 0 Å². The van der Waals surface area contributed by atoms with Crippen LogP contribution in [0.25, 0.3) is 0 Å². The van der Waals surface area contributed by atoms with Crippen molar-refractivity contribution >= 4 is 0 Å². The molecule has 0 aromatic carbocycles. The van der Waals surface area contributed by atoms with Gasteiger partial charge in [-0.2, -0.15) is 0 Å². The molecule has 0 aliphatic rings. The molecule has 0 N–H and O–H groups in total. The second-order valence-corrected chi connectivity index (χ2v) is 1.50. The summed E-state index contributed by atoms with van der Waals surface area (Å²) >= 11 is 0. The zero-order valence-corrected chi connectivity index (χ0v) is 11.1. The summed E-state index contributed by atoms with van der Waals surface area (Å²) in [5, 5.41) is 0. The van der Waals surface area contributed by atoms with E-state index in [1.54, 1.807) is 20.8 Å². The Balaban J connectivity index is -0.0000000655. The predicted octanol–water partition coefficient (Wildman–Crippen LogP) is 1.80. The van der Waals surface area contributed by atoms with Crippen molar-refractivity contribution in [3.8, 4) is 53.3 Å². The summed E-state index contributed by atoms with van der Waals surface area (Å²) in [6, 6.07) is 0. The quantitative estimate of drug-likeness (QED) is 0.362. The third kappa shape index (κ3) is 91.1. The minimum atomic E-state index is 0. The van der Waals surface area contributed by atoms with Crippen LogP contribution in [0.15, 0.2) is 0 Å². The maximum Gasteiger partial charge on any atom is 3.00 e. The third-order valence-electron chi connectivity index (χ3n) is 0.562. The van der Waals surface area contributed by atoms with Crippen LogP contribution < -0.4 is 0 Å². The summed E-state index contributed by atoms with van der Waals surface area (Å²) in [5.41, 5.74) is 0. The molecule has 0 aromatic rings. The summed E-state index contributed by atoms with van der Waals surface area (Å²) in [7, 11) is 0. The maximum atomic E-state index is 6.18. The van der Waals surface area contributed by atoms with Crippen molar-refractivity contribution in [2.24, 2.45) is 0 Å². The Kier molecular flexibility index (Phi) is 56.5. The molecule has 0 aromatic heterocycles. The van der Waals surface area contributed by atoms with Gasteiger partial charge in [-0.25, -0.2) is 17.8 Å². The van der Waals surface area contributed by atoms with E-state index in [4.69, 9.17) is 19.3 Å². The number of rotatable bonds is 0. The molecule has 1 radical (unpaired) electrons. The predicted molar refractivity (Wildman–Crippen MR) is 61.7 cm³/mol. The maximum absolute atomic E-state index is 6.18. The number of hydrogen-bond donors (Lipinski definition) is 0. The molecule has 0 rings (SSSR count). The van der Waals surface area contributed by atoms with Crippen LogP contribution in [0.5, 0.6) is 0 Å². The Morgan fingerprint density at radius 1 is 0.562 bits per heavy atom. The molecule has 0 nitrogen and oxygen atoms in total. The van der Waals surface area contributed by atoms with Crippen molar-refractivity contribution in [3.63, 3.8) is 0 Å². The molecule has 0 spiro atoms. The van der Waals surface area contributed by atoms with Crippen molar-refractivity contribution in [1.29, 1.82) is 0 Å². The van der Waals surface area contributed by atoms with Crippen LogP contribution in [0.4, 0.5) is 0 Å². The molecule has 0 amide bonds. The summed E-state index contributed by atoms with van der Waals surface area (Å²) in [4.78, 5) is 0. The summed E-state index contributed by atoms with van der Waals surface area (Å²) in [6.45, 7) is 5.00. The molecule has 1 heteroatoms. The topological polar surface area (TPSA) is 0 Å². The summed E-state index contributed by atoms with van der Waals surface area (Å²) in [5.74, 6) is 20.0. The van der Waals surface area contributed by atoms with Crippen LogP contribution in [-0.4, -0.2) is 0 Å². The third-order valence-corrected chi connectivity index (χ3v) is 0.562. The van der Waals surface area contributed by atoms with Gasteiger partial charge in [-0.05, 0) is 20.8 Å². The summed E-state index contributed by atoms with van der Waals surface area (Å²) < 4.78 is 0. The molecule has 0 heterocycles. The van der Waals surface area contributed by atoms with E-state index in [2.05, 4.69) is 35.5 Å². The molecule has 0 saturated heterocycles. The first-order valence-corrected chi connectivity index (χ1v) is 3.75. The first kappa shape index (κ1) is 23.7. The van der Waals surface area contributed by atoms with Crippen LogP contribution in [0.3, 0.4) is 0 Å². The normalized spacial score (nSPS) is 3.00. The molecule has 16 heavy (non-hydrogen) atoms. The fourth-order valence-electron chi connectivity index (χ4n) is 0.188. The van der Waals surface area contributed by atoms with E-state index in [0.717, 1.165) is 0 Å². The largest absolute Gasteiger partial charge is 3.00 e. The average molecular weight is 290 g/mol.